The fraction of sp³-hybridized carbons (Fsp3) is 0.0175. The summed E-state index contributed by atoms with van der Waals surface area (Å²) in [6, 6.07) is 76.9. The predicted molar refractivity (Wildman–Crippen MR) is 256 cm³/mol. The Morgan fingerprint density at radius 3 is 1.66 bits per heavy atom. The predicted octanol–water partition coefficient (Wildman–Crippen LogP) is 14.2. The van der Waals surface area contributed by atoms with Gasteiger partial charge in [0.05, 0.1) is 22.1 Å². The number of aliphatic imine (C=N–C) groups is 2. The number of nitrogens with one attached hydrogen (secondary N) is 1. The number of aromatic nitrogens is 1. The van der Waals surface area contributed by atoms with Crippen molar-refractivity contribution in [2.24, 2.45) is 9.98 Å². The molecule has 12 rings (SSSR count). The molecule has 1 atom stereocenters. The molecule has 0 fully saturated rings. The van der Waals surface area contributed by atoms with E-state index >= 15 is 0 Å². The first-order valence-corrected chi connectivity index (χ1v) is 21.0. The van der Waals surface area contributed by atoms with Gasteiger partial charge in [-0.3, -0.25) is 0 Å². The largest absolute Gasteiger partial charge is 0.456 e. The lowest BCUT2D eigenvalue weighted by molar-refractivity contribution is 0.666. The second-order valence-electron chi connectivity index (χ2n) is 15.8. The van der Waals surface area contributed by atoms with E-state index in [0.29, 0.717) is 5.84 Å². The third-order valence-corrected chi connectivity index (χ3v) is 12.1. The molecule has 5 nitrogen and oxygen atoms in total. The highest BCUT2D eigenvalue weighted by atomic mass is 16.3. The van der Waals surface area contributed by atoms with Crippen LogP contribution in [0.3, 0.4) is 0 Å². The molecule has 292 valence electrons. The highest BCUT2D eigenvalue weighted by molar-refractivity contribution is 6.17. The Morgan fingerprint density at radius 2 is 0.952 bits per heavy atom. The minimum absolute atomic E-state index is 0.356. The second-order valence-corrected chi connectivity index (χ2v) is 15.8. The first kappa shape index (κ1) is 35.6. The van der Waals surface area contributed by atoms with Crippen molar-refractivity contribution < 1.29 is 4.42 Å². The molecule has 1 unspecified atom stereocenters. The first-order chi connectivity index (χ1) is 30.7. The smallest absolute Gasteiger partial charge is 0.159 e. The Kier molecular flexibility index (Phi) is 8.49. The van der Waals surface area contributed by atoms with Gasteiger partial charge in [-0.2, -0.15) is 0 Å². The average Bonchev–Trinajstić information content (AvgIpc) is 3.90. The van der Waals surface area contributed by atoms with Crippen LogP contribution in [0.15, 0.2) is 233 Å². The molecule has 1 N–H and O–H groups in total. The van der Waals surface area contributed by atoms with E-state index in [1.807, 2.05) is 12.1 Å². The van der Waals surface area contributed by atoms with Crippen LogP contribution in [0.4, 0.5) is 0 Å². The van der Waals surface area contributed by atoms with Gasteiger partial charge in [0.2, 0.25) is 0 Å². The summed E-state index contributed by atoms with van der Waals surface area (Å²) in [5.41, 5.74) is 14.9. The van der Waals surface area contributed by atoms with Crippen LogP contribution in [0.2, 0.25) is 0 Å². The topological polar surface area (TPSA) is 54.8 Å². The van der Waals surface area contributed by atoms with Crippen molar-refractivity contribution in [3.63, 3.8) is 0 Å². The van der Waals surface area contributed by atoms with E-state index in [0.717, 1.165) is 72.3 Å². The van der Waals surface area contributed by atoms with Crippen molar-refractivity contribution >= 4 is 55.4 Å². The van der Waals surface area contributed by atoms with Crippen LogP contribution in [-0.4, -0.2) is 16.2 Å². The van der Waals surface area contributed by atoms with Gasteiger partial charge >= 0.3 is 0 Å². The van der Waals surface area contributed by atoms with Crippen molar-refractivity contribution in [1.29, 1.82) is 0 Å². The molecule has 5 heteroatoms. The zero-order valence-electron chi connectivity index (χ0n) is 33.6. The average molecular weight is 795 g/mol. The summed E-state index contributed by atoms with van der Waals surface area (Å²) < 4.78 is 9.14. The van der Waals surface area contributed by atoms with E-state index in [4.69, 9.17) is 14.4 Å². The second kappa shape index (κ2) is 14.8. The lowest BCUT2D eigenvalue weighted by atomic mass is 10.0. The van der Waals surface area contributed by atoms with Crippen molar-refractivity contribution in [2.75, 3.05) is 0 Å². The Bertz CT molecular complexity index is 3510. The van der Waals surface area contributed by atoms with Crippen LogP contribution in [0, 0.1) is 0 Å². The molecular weight excluding hydrogens is 757 g/mol. The maximum atomic E-state index is 6.75. The molecule has 0 saturated carbocycles. The lowest BCUT2D eigenvalue weighted by Gasteiger charge is -2.24. The number of rotatable bonds is 7. The SMILES string of the molecule is c1ccc(-c2ccc(C3=NC(c4ccc(-c5ccccc5)cc4)NC(c4ccc5c(c4)oc4cccc(-n6c7ccccc7c7ccc(-c8ccccc8)cc76)c45)=N3)cc2)cc1. The molecule has 11 aromatic rings. The monoisotopic (exact) mass is 794 g/mol. The van der Waals surface area contributed by atoms with E-state index < -0.39 is 0 Å². The van der Waals surface area contributed by atoms with Crippen LogP contribution in [0.1, 0.15) is 22.9 Å². The summed E-state index contributed by atoms with van der Waals surface area (Å²) >= 11 is 0. The molecule has 0 saturated heterocycles. The minimum Gasteiger partial charge on any atom is -0.456 e. The molecule has 0 aliphatic carbocycles. The molecule has 3 heterocycles. The van der Waals surface area contributed by atoms with E-state index in [1.54, 1.807) is 0 Å². The van der Waals surface area contributed by atoms with Gasteiger partial charge in [-0.05, 0) is 75.3 Å². The molecule has 0 spiro atoms. The van der Waals surface area contributed by atoms with Crippen molar-refractivity contribution in [3.8, 4) is 39.1 Å². The van der Waals surface area contributed by atoms with E-state index in [1.165, 1.54) is 33.0 Å². The number of fused-ring (bicyclic) bond motifs is 6. The quantitative estimate of drug-likeness (QED) is 0.175. The van der Waals surface area contributed by atoms with E-state index in [-0.39, 0.29) is 6.17 Å². The summed E-state index contributed by atoms with van der Waals surface area (Å²) in [6.07, 6.45) is -0.356. The van der Waals surface area contributed by atoms with Crippen molar-refractivity contribution in [3.05, 3.63) is 235 Å². The zero-order valence-corrected chi connectivity index (χ0v) is 33.6. The van der Waals surface area contributed by atoms with Gasteiger partial charge < -0.3 is 14.3 Å². The molecular formula is C57H38N4O. The highest BCUT2D eigenvalue weighted by Gasteiger charge is 2.23. The minimum atomic E-state index is -0.356. The van der Waals surface area contributed by atoms with Crippen LogP contribution in [-0.2, 0) is 0 Å². The zero-order chi connectivity index (χ0) is 41.0. The van der Waals surface area contributed by atoms with Crippen molar-refractivity contribution in [1.82, 2.24) is 9.88 Å². The number of para-hydroxylation sites is 1. The Hall–Kier alpha value is -8.28. The Balaban J connectivity index is 0.967. The van der Waals surface area contributed by atoms with Crippen LogP contribution >= 0.6 is 0 Å². The van der Waals surface area contributed by atoms with Gasteiger partial charge in [-0.25, -0.2) is 9.98 Å². The number of benzene rings is 9. The summed E-state index contributed by atoms with van der Waals surface area (Å²) in [5, 5.41) is 8.23. The number of amidine groups is 2. The third-order valence-electron chi connectivity index (χ3n) is 12.1. The van der Waals surface area contributed by atoms with Gasteiger partial charge in [0, 0.05) is 27.3 Å². The maximum absolute atomic E-state index is 6.75. The lowest BCUT2D eigenvalue weighted by Crippen LogP contribution is -2.33. The molecule has 0 amide bonds. The molecule has 9 aromatic carbocycles. The van der Waals surface area contributed by atoms with Crippen LogP contribution in [0.5, 0.6) is 0 Å². The normalized spacial score (nSPS) is 14.0. The van der Waals surface area contributed by atoms with Gasteiger partial charge in [0.25, 0.3) is 0 Å². The fourth-order valence-corrected chi connectivity index (χ4v) is 9.01. The summed E-state index contributed by atoms with van der Waals surface area (Å²) in [5.74, 6) is 1.40. The maximum Gasteiger partial charge on any atom is 0.159 e. The highest BCUT2D eigenvalue weighted by Crippen LogP contribution is 2.40. The van der Waals surface area contributed by atoms with Crippen molar-refractivity contribution in [2.45, 2.75) is 6.17 Å². The van der Waals surface area contributed by atoms with Gasteiger partial charge in [0.15, 0.2) is 5.84 Å². The molecule has 0 radical (unpaired) electrons. The van der Waals surface area contributed by atoms with Gasteiger partial charge in [-0.1, -0.05) is 182 Å². The Labute approximate surface area is 358 Å². The molecule has 62 heavy (non-hydrogen) atoms. The molecule has 1 aliphatic rings. The Morgan fingerprint density at radius 1 is 0.403 bits per heavy atom. The molecule has 1 aliphatic heterocycles. The molecule has 0 bridgehead atoms. The number of hydrogen-bond donors (Lipinski definition) is 1. The first-order valence-electron chi connectivity index (χ1n) is 21.0. The number of furan rings is 1. The standard InChI is InChI=1S/C57H38N4O/c1-4-13-37(14-5-1)40-23-27-42(28-24-40)55-58-56(43-29-25-41(26-30-43)38-15-6-2-7-16-38)60-57(59-55)45-32-34-48-53(36-45)62-52-22-12-21-50(54(48)52)61-49-20-11-10-19-46(49)47-33-31-44(35-51(47)61)39-17-8-3-9-18-39/h1-36,55H,(H,58,59,60). The number of nitrogens with zero attached hydrogens (tertiary/aromatic N) is 3. The van der Waals surface area contributed by atoms with Gasteiger partial charge in [0.1, 0.15) is 23.2 Å². The summed E-state index contributed by atoms with van der Waals surface area (Å²) in [7, 11) is 0. The van der Waals surface area contributed by atoms with E-state index in [2.05, 4.69) is 216 Å². The number of hydrogen-bond acceptors (Lipinski definition) is 4. The van der Waals surface area contributed by atoms with Gasteiger partial charge in [-0.15, -0.1) is 0 Å². The van der Waals surface area contributed by atoms with Crippen LogP contribution < -0.4 is 5.32 Å². The fourth-order valence-electron chi connectivity index (χ4n) is 9.01. The third kappa shape index (κ3) is 6.18. The summed E-state index contributed by atoms with van der Waals surface area (Å²) in [4.78, 5) is 10.4. The molecule has 2 aromatic heterocycles. The van der Waals surface area contributed by atoms with Crippen LogP contribution in [0.25, 0.3) is 82.8 Å². The summed E-state index contributed by atoms with van der Waals surface area (Å²) in [6.45, 7) is 0. The van der Waals surface area contributed by atoms with E-state index in [9.17, 15) is 0 Å².